The SMILES string of the molecule is Cc1ccc(SCCNC(=O)c2ccc(S(=O)(=O)N3CC(C)OC(C)C3)cc2)cc1. The lowest BCUT2D eigenvalue weighted by molar-refractivity contribution is -0.0440. The predicted octanol–water partition coefficient (Wildman–Crippen LogP) is 3.32. The highest BCUT2D eigenvalue weighted by atomic mass is 32.2. The summed E-state index contributed by atoms with van der Waals surface area (Å²) in [7, 11) is -3.61. The van der Waals surface area contributed by atoms with Crippen molar-refractivity contribution in [1.29, 1.82) is 0 Å². The number of nitrogens with one attached hydrogen (secondary N) is 1. The second-order valence-electron chi connectivity index (χ2n) is 7.52. The third-order valence-corrected chi connectivity index (χ3v) is 7.68. The van der Waals surface area contributed by atoms with Crippen LogP contribution >= 0.6 is 11.8 Å². The van der Waals surface area contributed by atoms with Gasteiger partial charge in [0.15, 0.2) is 0 Å². The molecule has 1 heterocycles. The summed E-state index contributed by atoms with van der Waals surface area (Å²) in [5.74, 6) is 0.548. The van der Waals surface area contributed by atoms with Gasteiger partial charge in [-0.05, 0) is 57.2 Å². The summed E-state index contributed by atoms with van der Waals surface area (Å²) in [5, 5.41) is 2.88. The molecule has 1 amide bonds. The fourth-order valence-corrected chi connectivity index (χ4v) is 5.68. The molecule has 2 aromatic carbocycles. The number of aryl methyl sites for hydroxylation is 1. The minimum atomic E-state index is -3.61. The van der Waals surface area contributed by atoms with Crippen molar-refractivity contribution in [2.75, 3.05) is 25.4 Å². The Bertz CT molecular complexity index is 950. The van der Waals surface area contributed by atoms with Gasteiger partial charge in [-0.15, -0.1) is 11.8 Å². The van der Waals surface area contributed by atoms with Crippen LogP contribution in [0.15, 0.2) is 58.3 Å². The first-order valence-electron chi connectivity index (χ1n) is 9.99. The summed E-state index contributed by atoms with van der Waals surface area (Å²) in [6.07, 6.45) is -0.294. The number of benzene rings is 2. The van der Waals surface area contributed by atoms with E-state index >= 15 is 0 Å². The highest BCUT2D eigenvalue weighted by Crippen LogP contribution is 2.22. The molecule has 1 aliphatic rings. The van der Waals surface area contributed by atoms with Gasteiger partial charge in [0.2, 0.25) is 10.0 Å². The van der Waals surface area contributed by atoms with Crippen LogP contribution in [0.4, 0.5) is 0 Å². The summed E-state index contributed by atoms with van der Waals surface area (Å²) < 4.78 is 32.9. The van der Waals surface area contributed by atoms with Gasteiger partial charge in [0.05, 0.1) is 17.1 Å². The lowest BCUT2D eigenvalue weighted by Crippen LogP contribution is -2.48. The van der Waals surface area contributed by atoms with E-state index in [1.54, 1.807) is 23.9 Å². The molecule has 8 heteroatoms. The molecule has 0 aromatic heterocycles. The molecule has 1 aliphatic heterocycles. The lowest BCUT2D eigenvalue weighted by Gasteiger charge is -2.34. The smallest absolute Gasteiger partial charge is 0.251 e. The molecule has 162 valence electrons. The Labute approximate surface area is 183 Å². The van der Waals surface area contributed by atoms with Crippen LogP contribution in [0.2, 0.25) is 0 Å². The van der Waals surface area contributed by atoms with Crippen LogP contribution in [0.1, 0.15) is 29.8 Å². The number of amides is 1. The summed E-state index contributed by atoms with van der Waals surface area (Å²) >= 11 is 1.68. The van der Waals surface area contributed by atoms with E-state index in [2.05, 4.69) is 29.6 Å². The van der Waals surface area contributed by atoms with E-state index in [1.807, 2.05) is 20.8 Å². The standard InChI is InChI=1S/C22H28N2O4S2/c1-16-4-8-20(9-5-16)29-13-12-23-22(25)19-6-10-21(11-7-19)30(26,27)24-14-17(2)28-18(3)15-24/h4-11,17-18H,12-15H2,1-3H3,(H,23,25). The number of hydrogen-bond donors (Lipinski definition) is 1. The normalized spacial score (nSPS) is 20.1. The van der Waals surface area contributed by atoms with E-state index in [-0.39, 0.29) is 23.0 Å². The molecule has 0 saturated carbocycles. The molecular weight excluding hydrogens is 420 g/mol. The van der Waals surface area contributed by atoms with Crippen LogP contribution in [0.5, 0.6) is 0 Å². The molecule has 0 radical (unpaired) electrons. The van der Waals surface area contributed by atoms with E-state index in [9.17, 15) is 13.2 Å². The first kappa shape index (κ1) is 22.8. The molecule has 0 spiro atoms. The summed E-state index contributed by atoms with van der Waals surface area (Å²) in [4.78, 5) is 13.7. The minimum Gasteiger partial charge on any atom is -0.373 e. The van der Waals surface area contributed by atoms with Gasteiger partial charge in [-0.2, -0.15) is 4.31 Å². The third-order valence-electron chi connectivity index (χ3n) is 4.82. The molecule has 1 N–H and O–H groups in total. The van der Waals surface area contributed by atoms with E-state index in [0.717, 1.165) is 10.6 Å². The fraction of sp³-hybridized carbons (Fsp3) is 0.409. The Morgan fingerprint density at radius 3 is 2.27 bits per heavy atom. The van der Waals surface area contributed by atoms with E-state index < -0.39 is 10.0 Å². The second kappa shape index (κ2) is 9.96. The van der Waals surface area contributed by atoms with Crippen molar-refractivity contribution in [1.82, 2.24) is 9.62 Å². The van der Waals surface area contributed by atoms with Crippen molar-refractivity contribution in [2.24, 2.45) is 0 Å². The molecule has 0 bridgehead atoms. The quantitative estimate of drug-likeness (QED) is 0.520. The number of carbonyl (C=O) groups is 1. The molecule has 2 atom stereocenters. The second-order valence-corrected chi connectivity index (χ2v) is 10.6. The van der Waals surface area contributed by atoms with Crippen LogP contribution in [0, 0.1) is 6.92 Å². The fourth-order valence-electron chi connectivity index (χ4n) is 3.32. The van der Waals surface area contributed by atoms with E-state index in [4.69, 9.17) is 4.74 Å². The number of rotatable bonds is 7. The molecule has 1 fully saturated rings. The minimum absolute atomic E-state index is 0.147. The van der Waals surface area contributed by atoms with Gasteiger partial charge in [0.25, 0.3) is 5.91 Å². The highest BCUT2D eigenvalue weighted by Gasteiger charge is 2.32. The van der Waals surface area contributed by atoms with Crippen molar-refractivity contribution in [2.45, 2.75) is 42.8 Å². The first-order valence-corrected chi connectivity index (χ1v) is 12.4. The van der Waals surface area contributed by atoms with Crippen molar-refractivity contribution >= 4 is 27.7 Å². The third kappa shape index (κ3) is 5.85. The molecule has 3 rings (SSSR count). The van der Waals surface area contributed by atoms with Gasteiger partial charge >= 0.3 is 0 Å². The van der Waals surface area contributed by atoms with Crippen LogP contribution in [-0.2, 0) is 14.8 Å². The number of morpholine rings is 1. The number of nitrogens with zero attached hydrogens (tertiary/aromatic N) is 1. The van der Waals surface area contributed by atoms with Crippen LogP contribution in [0.3, 0.4) is 0 Å². The van der Waals surface area contributed by atoms with Gasteiger partial charge in [0, 0.05) is 35.8 Å². The number of ether oxygens (including phenoxy) is 1. The van der Waals surface area contributed by atoms with Gasteiger partial charge in [-0.3, -0.25) is 4.79 Å². The van der Waals surface area contributed by atoms with Crippen molar-refractivity contribution in [3.05, 3.63) is 59.7 Å². The summed E-state index contributed by atoms with van der Waals surface area (Å²) in [5.41, 5.74) is 1.66. The number of thioether (sulfide) groups is 1. The first-order chi connectivity index (χ1) is 14.3. The molecule has 2 aromatic rings. The Hall–Kier alpha value is -1.87. The zero-order valence-corrected chi connectivity index (χ0v) is 19.1. The average Bonchev–Trinajstić information content (AvgIpc) is 2.71. The van der Waals surface area contributed by atoms with E-state index in [0.29, 0.717) is 25.2 Å². The van der Waals surface area contributed by atoms with Gasteiger partial charge in [-0.1, -0.05) is 17.7 Å². The zero-order valence-electron chi connectivity index (χ0n) is 17.5. The molecule has 2 unspecified atom stereocenters. The molecule has 6 nitrogen and oxygen atoms in total. The maximum absolute atomic E-state index is 12.9. The number of hydrogen-bond acceptors (Lipinski definition) is 5. The maximum atomic E-state index is 12.9. The Morgan fingerprint density at radius 1 is 1.07 bits per heavy atom. The topological polar surface area (TPSA) is 75.7 Å². The van der Waals surface area contributed by atoms with Crippen molar-refractivity contribution in [3.63, 3.8) is 0 Å². The van der Waals surface area contributed by atoms with E-state index in [1.165, 1.54) is 22.0 Å². The maximum Gasteiger partial charge on any atom is 0.251 e. The van der Waals surface area contributed by atoms with Crippen LogP contribution in [-0.4, -0.2) is 56.2 Å². The Morgan fingerprint density at radius 2 is 1.67 bits per heavy atom. The molecular formula is C22H28N2O4S2. The summed E-state index contributed by atoms with van der Waals surface area (Å²) in [6, 6.07) is 14.4. The zero-order chi connectivity index (χ0) is 21.7. The Kier molecular flexibility index (Phi) is 7.57. The van der Waals surface area contributed by atoms with Gasteiger partial charge in [0.1, 0.15) is 0 Å². The summed E-state index contributed by atoms with van der Waals surface area (Å²) in [6.45, 7) is 6.96. The molecule has 30 heavy (non-hydrogen) atoms. The molecule has 1 saturated heterocycles. The number of sulfonamides is 1. The lowest BCUT2D eigenvalue weighted by atomic mass is 10.2. The van der Waals surface area contributed by atoms with Gasteiger partial charge in [-0.25, -0.2) is 8.42 Å². The highest BCUT2D eigenvalue weighted by molar-refractivity contribution is 7.99. The van der Waals surface area contributed by atoms with Crippen LogP contribution in [0.25, 0.3) is 0 Å². The molecule has 0 aliphatic carbocycles. The largest absolute Gasteiger partial charge is 0.373 e. The Balaban J connectivity index is 1.54. The number of carbonyl (C=O) groups excluding carboxylic acids is 1. The monoisotopic (exact) mass is 448 g/mol. The van der Waals surface area contributed by atoms with Gasteiger partial charge < -0.3 is 10.1 Å². The predicted molar refractivity (Wildman–Crippen MR) is 119 cm³/mol. The average molecular weight is 449 g/mol. The van der Waals surface area contributed by atoms with Crippen LogP contribution < -0.4 is 5.32 Å². The van der Waals surface area contributed by atoms with Crippen molar-refractivity contribution in [3.8, 4) is 0 Å². The van der Waals surface area contributed by atoms with Crippen molar-refractivity contribution < 1.29 is 17.9 Å².